The molecule has 2 aromatic heterocycles. The Morgan fingerprint density at radius 1 is 1.14 bits per heavy atom. The molecule has 3 aromatic rings. The Labute approximate surface area is 162 Å². The summed E-state index contributed by atoms with van der Waals surface area (Å²) in [6.07, 6.45) is 1.50. The van der Waals surface area contributed by atoms with Gasteiger partial charge in [-0.25, -0.2) is 4.68 Å². The number of para-hydroxylation sites is 1. The second kappa shape index (κ2) is 6.99. The van der Waals surface area contributed by atoms with E-state index in [1.165, 1.54) is 6.07 Å². The van der Waals surface area contributed by atoms with Gasteiger partial charge in [-0.1, -0.05) is 18.2 Å². The zero-order chi connectivity index (χ0) is 19.8. The van der Waals surface area contributed by atoms with Crippen LogP contribution in [0.15, 0.2) is 53.5 Å². The lowest BCUT2D eigenvalue weighted by molar-refractivity contribution is 0.0176. The summed E-state index contributed by atoms with van der Waals surface area (Å²) in [7, 11) is 1.73. The van der Waals surface area contributed by atoms with Gasteiger partial charge in [-0.3, -0.25) is 9.59 Å². The van der Waals surface area contributed by atoms with E-state index in [0.717, 1.165) is 17.1 Å². The molecule has 0 atom stereocenters. The Kier molecular flexibility index (Phi) is 4.50. The summed E-state index contributed by atoms with van der Waals surface area (Å²) in [6, 6.07) is 13.0. The first-order valence-corrected chi connectivity index (χ1v) is 9.17. The molecular weight excluding hydrogens is 356 g/mol. The third-order valence-electron chi connectivity index (χ3n) is 5.16. The monoisotopic (exact) mass is 378 g/mol. The van der Waals surface area contributed by atoms with Crippen molar-refractivity contribution < 1.29 is 9.53 Å². The molecule has 0 radical (unpaired) electrons. The van der Waals surface area contributed by atoms with Crippen molar-refractivity contribution in [1.82, 2.24) is 19.2 Å². The zero-order valence-electron chi connectivity index (χ0n) is 16.1. The van der Waals surface area contributed by atoms with Crippen LogP contribution in [-0.4, -0.2) is 44.3 Å². The summed E-state index contributed by atoms with van der Waals surface area (Å²) < 4.78 is 9.19. The lowest BCUT2D eigenvalue weighted by Gasteiger charge is -2.38. The Morgan fingerprint density at radius 3 is 2.54 bits per heavy atom. The second-order valence-electron chi connectivity index (χ2n) is 7.07. The summed E-state index contributed by atoms with van der Waals surface area (Å²) in [5.74, 6) is 0.491. The van der Waals surface area contributed by atoms with E-state index < -0.39 is 0 Å². The summed E-state index contributed by atoms with van der Waals surface area (Å²) in [5, 5.41) is 4.36. The van der Waals surface area contributed by atoms with Crippen LogP contribution < -0.4 is 10.3 Å². The van der Waals surface area contributed by atoms with Crippen LogP contribution in [0.25, 0.3) is 5.69 Å². The van der Waals surface area contributed by atoms with E-state index in [0.29, 0.717) is 24.4 Å². The number of amides is 1. The fourth-order valence-corrected chi connectivity index (χ4v) is 3.30. The topological polar surface area (TPSA) is 69.4 Å². The molecule has 0 N–H and O–H groups in total. The number of nitrogens with zero attached hydrogens (tertiary/aromatic N) is 4. The fourth-order valence-electron chi connectivity index (χ4n) is 3.30. The molecule has 1 aliphatic heterocycles. The van der Waals surface area contributed by atoms with Gasteiger partial charge in [-0.15, -0.1) is 0 Å². The van der Waals surface area contributed by atoms with E-state index >= 15 is 0 Å². The maximum Gasteiger partial charge on any atom is 0.257 e. The Bertz CT molecular complexity index is 1080. The van der Waals surface area contributed by atoms with Crippen molar-refractivity contribution in [2.24, 2.45) is 7.05 Å². The van der Waals surface area contributed by atoms with Crippen LogP contribution in [0.2, 0.25) is 0 Å². The summed E-state index contributed by atoms with van der Waals surface area (Å²) in [4.78, 5) is 26.4. The number of pyridine rings is 1. The number of ether oxygens (including phenoxy) is 1. The summed E-state index contributed by atoms with van der Waals surface area (Å²) in [6.45, 7) is 4.73. The van der Waals surface area contributed by atoms with Gasteiger partial charge in [0.1, 0.15) is 11.9 Å². The first-order valence-electron chi connectivity index (χ1n) is 9.17. The summed E-state index contributed by atoms with van der Waals surface area (Å²) in [5.41, 5.74) is 3.05. The van der Waals surface area contributed by atoms with Gasteiger partial charge in [0.25, 0.3) is 11.5 Å². The Hall–Kier alpha value is -3.35. The quantitative estimate of drug-likeness (QED) is 0.697. The van der Waals surface area contributed by atoms with Gasteiger partial charge < -0.3 is 14.2 Å². The third-order valence-corrected chi connectivity index (χ3v) is 5.16. The zero-order valence-corrected chi connectivity index (χ0v) is 16.1. The normalized spacial score (nSPS) is 14.0. The molecule has 1 amide bonds. The molecule has 0 unspecified atom stereocenters. The first kappa shape index (κ1) is 18.0. The minimum Gasteiger partial charge on any atom is -0.486 e. The predicted molar refractivity (Wildman–Crippen MR) is 105 cm³/mol. The number of hydrogen-bond acceptors (Lipinski definition) is 4. The molecule has 7 heteroatoms. The van der Waals surface area contributed by atoms with Crippen LogP contribution in [0.5, 0.6) is 5.75 Å². The van der Waals surface area contributed by atoms with E-state index in [-0.39, 0.29) is 17.6 Å². The molecule has 1 saturated heterocycles. The molecule has 0 spiro atoms. The van der Waals surface area contributed by atoms with Crippen molar-refractivity contribution in [3.05, 3.63) is 76.0 Å². The van der Waals surface area contributed by atoms with Crippen LogP contribution in [0.1, 0.15) is 21.7 Å². The van der Waals surface area contributed by atoms with Gasteiger partial charge in [0.15, 0.2) is 0 Å². The van der Waals surface area contributed by atoms with Crippen LogP contribution in [0.4, 0.5) is 0 Å². The molecule has 1 aromatic carbocycles. The second-order valence-corrected chi connectivity index (χ2v) is 7.07. The number of carbonyl (C=O) groups excluding carboxylic acids is 1. The molecule has 7 nitrogen and oxygen atoms in total. The number of aromatic nitrogens is 3. The van der Waals surface area contributed by atoms with Crippen molar-refractivity contribution in [2.45, 2.75) is 20.0 Å². The molecule has 1 fully saturated rings. The van der Waals surface area contributed by atoms with Crippen molar-refractivity contribution in [1.29, 1.82) is 0 Å². The van der Waals surface area contributed by atoms with Gasteiger partial charge in [-0.05, 0) is 32.0 Å². The summed E-state index contributed by atoms with van der Waals surface area (Å²) >= 11 is 0. The van der Waals surface area contributed by atoms with Crippen molar-refractivity contribution in [3.8, 4) is 11.4 Å². The molecule has 144 valence electrons. The minimum absolute atomic E-state index is 0.0558. The lowest BCUT2D eigenvalue weighted by Crippen LogP contribution is -2.56. The van der Waals surface area contributed by atoms with Crippen LogP contribution in [0, 0.1) is 13.8 Å². The van der Waals surface area contributed by atoms with Crippen molar-refractivity contribution >= 4 is 5.91 Å². The minimum atomic E-state index is -0.111. The van der Waals surface area contributed by atoms with Crippen LogP contribution in [-0.2, 0) is 7.05 Å². The molecule has 3 heterocycles. The fraction of sp³-hybridized carbons (Fsp3) is 0.286. The average molecular weight is 378 g/mol. The van der Waals surface area contributed by atoms with Gasteiger partial charge in [-0.2, -0.15) is 5.10 Å². The number of hydrogen-bond donors (Lipinski definition) is 0. The highest BCUT2D eigenvalue weighted by Crippen LogP contribution is 2.22. The van der Waals surface area contributed by atoms with Crippen molar-refractivity contribution in [2.75, 3.05) is 13.1 Å². The SMILES string of the molecule is Cc1c(C(=O)N2CC(Oc3cc(C)n(C)c(=O)c3)C2)cnn1-c1ccccc1. The highest BCUT2D eigenvalue weighted by molar-refractivity contribution is 5.95. The molecule has 4 rings (SSSR count). The lowest BCUT2D eigenvalue weighted by atomic mass is 10.1. The van der Waals surface area contributed by atoms with E-state index in [1.807, 2.05) is 50.2 Å². The Morgan fingerprint density at radius 2 is 1.86 bits per heavy atom. The number of carbonyl (C=O) groups is 1. The van der Waals surface area contributed by atoms with Gasteiger partial charge >= 0.3 is 0 Å². The number of rotatable bonds is 4. The van der Waals surface area contributed by atoms with Gasteiger partial charge in [0, 0.05) is 18.8 Å². The number of aryl methyl sites for hydroxylation is 1. The predicted octanol–water partition coefficient (Wildman–Crippen LogP) is 2.09. The van der Waals surface area contributed by atoms with Gasteiger partial charge in [0.05, 0.1) is 36.2 Å². The molecule has 1 aliphatic rings. The van der Waals surface area contributed by atoms with Crippen molar-refractivity contribution in [3.63, 3.8) is 0 Å². The number of benzene rings is 1. The number of likely N-dealkylation sites (tertiary alicyclic amines) is 1. The first-order chi connectivity index (χ1) is 13.4. The molecule has 0 bridgehead atoms. The maximum atomic E-state index is 12.8. The standard InChI is InChI=1S/C21H22N4O3/c1-14-9-17(10-20(26)23(14)3)28-18-12-24(13-18)21(27)19-11-22-25(15(19)2)16-7-5-4-6-8-16/h4-11,18H,12-13H2,1-3H3. The van der Waals surface area contributed by atoms with Crippen LogP contribution in [0.3, 0.4) is 0 Å². The highest BCUT2D eigenvalue weighted by atomic mass is 16.5. The molecule has 0 saturated carbocycles. The van der Waals surface area contributed by atoms with E-state index in [4.69, 9.17) is 4.74 Å². The van der Waals surface area contributed by atoms with Gasteiger partial charge in [0.2, 0.25) is 0 Å². The molecule has 28 heavy (non-hydrogen) atoms. The van der Waals surface area contributed by atoms with E-state index in [2.05, 4.69) is 5.10 Å². The van der Waals surface area contributed by atoms with E-state index in [1.54, 1.807) is 27.4 Å². The molecular formula is C21H22N4O3. The Balaban J connectivity index is 1.42. The van der Waals surface area contributed by atoms with Crippen LogP contribution >= 0.6 is 0 Å². The molecule has 0 aliphatic carbocycles. The van der Waals surface area contributed by atoms with E-state index in [9.17, 15) is 9.59 Å². The third kappa shape index (κ3) is 3.19. The maximum absolute atomic E-state index is 12.8. The highest BCUT2D eigenvalue weighted by Gasteiger charge is 2.34. The smallest absolute Gasteiger partial charge is 0.257 e. The average Bonchev–Trinajstić information content (AvgIpc) is 3.04. The largest absolute Gasteiger partial charge is 0.486 e.